The van der Waals surface area contributed by atoms with Gasteiger partial charge in [-0.05, 0) is 26.8 Å². The summed E-state index contributed by atoms with van der Waals surface area (Å²) in [7, 11) is 0. The summed E-state index contributed by atoms with van der Waals surface area (Å²) in [6.45, 7) is 6.49. The molecule has 0 aliphatic rings. The monoisotopic (exact) mass is 232 g/mol. The van der Waals surface area contributed by atoms with Gasteiger partial charge < -0.3 is 4.90 Å². The number of carbonyl (C=O) groups is 1. The van der Waals surface area contributed by atoms with Gasteiger partial charge in [0.1, 0.15) is 0 Å². The van der Waals surface area contributed by atoms with Crippen molar-refractivity contribution in [2.75, 3.05) is 13.1 Å². The van der Waals surface area contributed by atoms with E-state index in [1.54, 1.807) is 24.8 Å². The second kappa shape index (κ2) is 5.94. The predicted octanol–water partition coefficient (Wildman–Crippen LogP) is 1.47. The molecule has 90 valence electrons. The zero-order chi connectivity index (χ0) is 12.8. The topological polar surface area (TPSA) is 69.9 Å². The predicted molar refractivity (Wildman–Crippen MR) is 63.3 cm³/mol. The Hall–Kier alpha value is -1.96. The number of hydrogen-bond acceptors (Lipinski definition) is 4. The molecule has 1 rings (SSSR count). The van der Waals surface area contributed by atoms with Crippen LogP contribution in [-0.2, 0) is 0 Å². The van der Waals surface area contributed by atoms with Crippen molar-refractivity contribution >= 4 is 5.91 Å². The summed E-state index contributed by atoms with van der Waals surface area (Å²) in [5.74, 6) is -0.0850. The molecule has 0 aromatic carbocycles. The van der Waals surface area contributed by atoms with E-state index < -0.39 is 0 Å². The van der Waals surface area contributed by atoms with Gasteiger partial charge in [-0.2, -0.15) is 15.5 Å². The van der Waals surface area contributed by atoms with E-state index in [9.17, 15) is 4.79 Å². The maximum atomic E-state index is 12.2. The van der Waals surface area contributed by atoms with Crippen molar-refractivity contribution in [3.8, 4) is 6.07 Å². The van der Waals surface area contributed by atoms with Crippen molar-refractivity contribution < 1.29 is 4.79 Å². The highest BCUT2D eigenvalue weighted by Crippen LogP contribution is 2.09. The smallest absolute Gasteiger partial charge is 0.255 e. The number of carbonyl (C=O) groups excluding carboxylic acids is 1. The molecule has 0 bridgehead atoms. The summed E-state index contributed by atoms with van der Waals surface area (Å²) in [4.78, 5) is 13.8. The van der Waals surface area contributed by atoms with E-state index in [1.807, 2.05) is 13.0 Å². The number of rotatable bonds is 4. The number of aromatic nitrogens is 2. The zero-order valence-corrected chi connectivity index (χ0v) is 10.4. The Bertz CT molecular complexity index is 450. The number of nitrogens with zero attached hydrogens (tertiary/aromatic N) is 4. The fourth-order valence-corrected chi connectivity index (χ4v) is 1.52. The number of amides is 1. The van der Waals surface area contributed by atoms with Crippen molar-refractivity contribution in [2.24, 2.45) is 0 Å². The lowest BCUT2D eigenvalue weighted by atomic mass is 10.1. The number of nitriles is 1. The van der Waals surface area contributed by atoms with Gasteiger partial charge in [0, 0.05) is 13.1 Å². The Labute approximate surface area is 101 Å². The van der Waals surface area contributed by atoms with Gasteiger partial charge >= 0.3 is 0 Å². The lowest BCUT2D eigenvalue weighted by Crippen LogP contribution is -2.32. The summed E-state index contributed by atoms with van der Waals surface area (Å²) in [5.41, 5.74) is 1.91. The highest BCUT2D eigenvalue weighted by atomic mass is 16.2. The van der Waals surface area contributed by atoms with E-state index in [-0.39, 0.29) is 5.91 Å². The molecule has 1 aromatic rings. The maximum Gasteiger partial charge on any atom is 0.255 e. The van der Waals surface area contributed by atoms with Crippen LogP contribution < -0.4 is 0 Å². The minimum absolute atomic E-state index is 0.0850. The normalized spacial score (nSPS) is 9.76. The average Bonchev–Trinajstić information content (AvgIpc) is 2.33. The van der Waals surface area contributed by atoms with Gasteiger partial charge in [0.05, 0.1) is 29.4 Å². The Kier molecular flexibility index (Phi) is 4.58. The fraction of sp³-hybridized carbons (Fsp3) is 0.500. The molecule has 0 fully saturated rings. The molecule has 17 heavy (non-hydrogen) atoms. The van der Waals surface area contributed by atoms with E-state index >= 15 is 0 Å². The molecule has 0 N–H and O–H groups in total. The van der Waals surface area contributed by atoms with Crippen molar-refractivity contribution in [2.45, 2.75) is 27.2 Å². The van der Waals surface area contributed by atoms with Crippen LogP contribution in [0, 0.1) is 25.2 Å². The summed E-state index contributed by atoms with van der Waals surface area (Å²) < 4.78 is 0. The van der Waals surface area contributed by atoms with Crippen LogP contribution in [-0.4, -0.2) is 34.1 Å². The standard InChI is InChI=1S/C12H16N4O/c1-4-16(7-5-6-13)12(17)11-8-9(2)14-15-10(11)3/h8H,4-5,7H2,1-3H3. The first-order valence-electron chi connectivity index (χ1n) is 5.57. The molecule has 0 saturated heterocycles. The molecule has 0 unspecified atom stereocenters. The second-order valence-electron chi connectivity index (χ2n) is 3.78. The van der Waals surface area contributed by atoms with Gasteiger partial charge in [-0.3, -0.25) is 4.79 Å². The molecule has 0 radical (unpaired) electrons. The molecular weight excluding hydrogens is 216 g/mol. The fourth-order valence-electron chi connectivity index (χ4n) is 1.52. The molecule has 0 saturated carbocycles. The van der Waals surface area contributed by atoms with Gasteiger partial charge in [0.2, 0.25) is 0 Å². The van der Waals surface area contributed by atoms with Crippen LogP contribution in [0.1, 0.15) is 35.1 Å². The Morgan fingerprint density at radius 2 is 2.18 bits per heavy atom. The van der Waals surface area contributed by atoms with Crippen molar-refractivity contribution in [3.05, 3.63) is 23.0 Å². The van der Waals surface area contributed by atoms with E-state index in [1.165, 1.54) is 0 Å². The molecule has 0 atom stereocenters. The van der Waals surface area contributed by atoms with Crippen molar-refractivity contribution in [3.63, 3.8) is 0 Å². The molecule has 1 amide bonds. The van der Waals surface area contributed by atoms with Crippen LogP contribution >= 0.6 is 0 Å². The molecule has 0 spiro atoms. The minimum atomic E-state index is -0.0850. The maximum absolute atomic E-state index is 12.2. The first kappa shape index (κ1) is 13.1. The Morgan fingerprint density at radius 3 is 2.76 bits per heavy atom. The first-order chi connectivity index (χ1) is 8.10. The van der Waals surface area contributed by atoms with Crippen LogP contribution in [0.4, 0.5) is 0 Å². The number of hydrogen-bond donors (Lipinski definition) is 0. The molecule has 5 heteroatoms. The second-order valence-corrected chi connectivity index (χ2v) is 3.78. The lowest BCUT2D eigenvalue weighted by molar-refractivity contribution is 0.0766. The van der Waals surface area contributed by atoms with Crippen LogP contribution in [0.5, 0.6) is 0 Å². The quantitative estimate of drug-likeness (QED) is 0.788. The summed E-state index contributed by atoms with van der Waals surface area (Å²) in [5, 5.41) is 16.4. The van der Waals surface area contributed by atoms with Crippen molar-refractivity contribution in [1.82, 2.24) is 15.1 Å². The minimum Gasteiger partial charge on any atom is -0.338 e. The van der Waals surface area contributed by atoms with Crippen LogP contribution in [0.25, 0.3) is 0 Å². The summed E-state index contributed by atoms with van der Waals surface area (Å²) in [6.07, 6.45) is 0.343. The largest absolute Gasteiger partial charge is 0.338 e. The first-order valence-corrected chi connectivity index (χ1v) is 5.57. The molecule has 1 heterocycles. The molecule has 0 aliphatic heterocycles. The van der Waals surface area contributed by atoms with Gasteiger partial charge in [-0.1, -0.05) is 0 Å². The average molecular weight is 232 g/mol. The van der Waals surface area contributed by atoms with E-state index in [0.717, 1.165) is 5.69 Å². The van der Waals surface area contributed by atoms with Crippen LogP contribution in [0.3, 0.4) is 0 Å². The van der Waals surface area contributed by atoms with Gasteiger partial charge in [-0.15, -0.1) is 0 Å². The highest BCUT2D eigenvalue weighted by molar-refractivity contribution is 5.95. The molecule has 0 aliphatic carbocycles. The molecule has 1 aromatic heterocycles. The lowest BCUT2D eigenvalue weighted by Gasteiger charge is -2.20. The number of aryl methyl sites for hydroxylation is 2. The van der Waals surface area contributed by atoms with Gasteiger partial charge in [0.15, 0.2) is 0 Å². The summed E-state index contributed by atoms with van der Waals surface area (Å²) in [6, 6.07) is 3.78. The molecular formula is C12H16N4O. The van der Waals surface area contributed by atoms with E-state index in [0.29, 0.717) is 30.8 Å². The van der Waals surface area contributed by atoms with E-state index in [2.05, 4.69) is 10.2 Å². The SMILES string of the molecule is CCN(CCC#N)C(=O)c1cc(C)nnc1C. The van der Waals surface area contributed by atoms with Crippen LogP contribution in [0.15, 0.2) is 6.07 Å². The van der Waals surface area contributed by atoms with Gasteiger partial charge in [-0.25, -0.2) is 0 Å². The Balaban J connectivity index is 2.94. The zero-order valence-electron chi connectivity index (χ0n) is 10.4. The third kappa shape index (κ3) is 3.25. The summed E-state index contributed by atoms with van der Waals surface area (Å²) >= 11 is 0. The van der Waals surface area contributed by atoms with Crippen LogP contribution in [0.2, 0.25) is 0 Å². The van der Waals surface area contributed by atoms with Crippen molar-refractivity contribution in [1.29, 1.82) is 5.26 Å². The molecule has 5 nitrogen and oxygen atoms in total. The highest BCUT2D eigenvalue weighted by Gasteiger charge is 2.17. The van der Waals surface area contributed by atoms with E-state index in [4.69, 9.17) is 5.26 Å². The van der Waals surface area contributed by atoms with Gasteiger partial charge in [0.25, 0.3) is 5.91 Å². The third-order valence-corrected chi connectivity index (χ3v) is 2.49. The Morgan fingerprint density at radius 1 is 1.47 bits per heavy atom. The third-order valence-electron chi connectivity index (χ3n) is 2.49.